The summed E-state index contributed by atoms with van der Waals surface area (Å²) in [6.07, 6.45) is 0.792. The first-order valence-corrected chi connectivity index (χ1v) is 7.31. The van der Waals surface area contributed by atoms with Gasteiger partial charge >= 0.3 is 0 Å². The summed E-state index contributed by atoms with van der Waals surface area (Å²) in [6.45, 7) is 2.47. The van der Waals surface area contributed by atoms with Crippen molar-refractivity contribution in [2.75, 3.05) is 0 Å². The van der Waals surface area contributed by atoms with Gasteiger partial charge in [-0.3, -0.25) is 4.79 Å². The number of halogens is 2. The average Bonchev–Trinajstić information content (AvgIpc) is 2.39. The first-order chi connectivity index (χ1) is 9.10. The zero-order valence-electron chi connectivity index (χ0n) is 10.3. The van der Waals surface area contributed by atoms with Crippen LogP contribution in [0.25, 0.3) is 0 Å². The summed E-state index contributed by atoms with van der Waals surface area (Å²) < 4.78 is 7.34. The molecule has 0 N–H and O–H groups in total. The lowest BCUT2D eigenvalue weighted by molar-refractivity contribution is 0.111. The lowest BCUT2D eigenvalue weighted by Gasteiger charge is -2.11. The number of aryl methyl sites for hydroxylation is 1. The van der Waals surface area contributed by atoms with E-state index in [9.17, 15) is 4.79 Å². The summed E-state index contributed by atoms with van der Waals surface area (Å²) in [5.74, 6) is 0.568. The van der Waals surface area contributed by atoms with Gasteiger partial charge in [0.25, 0.3) is 0 Å². The van der Waals surface area contributed by atoms with Gasteiger partial charge in [0.15, 0.2) is 6.29 Å². The average molecular weight is 384 g/mol. The van der Waals surface area contributed by atoms with Crippen LogP contribution in [-0.2, 0) is 6.61 Å². The van der Waals surface area contributed by atoms with Gasteiger partial charge < -0.3 is 4.74 Å². The van der Waals surface area contributed by atoms with E-state index in [4.69, 9.17) is 4.74 Å². The van der Waals surface area contributed by atoms with Crippen molar-refractivity contribution in [1.82, 2.24) is 0 Å². The minimum absolute atomic E-state index is 0.432. The quantitative estimate of drug-likeness (QED) is 0.701. The fraction of sp³-hybridized carbons (Fsp3) is 0.133. The first-order valence-electron chi connectivity index (χ1n) is 5.72. The van der Waals surface area contributed by atoms with E-state index in [1.165, 1.54) is 5.56 Å². The molecule has 0 saturated heterocycles. The van der Waals surface area contributed by atoms with Gasteiger partial charge in [-0.05, 0) is 40.5 Å². The molecule has 4 heteroatoms. The van der Waals surface area contributed by atoms with Gasteiger partial charge in [0.05, 0.1) is 10.0 Å². The standard InChI is InChI=1S/C15H12Br2O2/c1-10-2-4-11(5-3-10)9-19-15-12(8-18)6-13(16)7-14(15)17/h2-8H,9H2,1H3. The van der Waals surface area contributed by atoms with Crippen LogP contribution in [0.15, 0.2) is 45.3 Å². The second-order valence-corrected chi connectivity index (χ2v) is 5.97. The summed E-state index contributed by atoms with van der Waals surface area (Å²) in [5, 5.41) is 0. The van der Waals surface area contributed by atoms with Crippen molar-refractivity contribution in [3.63, 3.8) is 0 Å². The predicted octanol–water partition coefficient (Wildman–Crippen LogP) is 4.91. The topological polar surface area (TPSA) is 26.3 Å². The molecule has 0 heterocycles. The van der Waals surface area contributed by atoms with Crippen LogP contribution in [0.3, 0.4) is 0 Å². The van der Waals surface area contributed by atoms with Crippen molar-refractivity contribution < 1.29 is 9.53 Å². The van der Waals surface area contributed by atoms with E-state index in [0.717, 1.165) is 20.8 Å². The number of ether oxygens (including phenoxy) is 1. The van der Waals surface area contributed by atoms with Gasteiger partial charge in [-0.1, -0.05) is 45.8 Å². The maximum atomic E-state index is 11.1. The van der Waals surface area contributed by atoms with Crippen molar-refractivity contribution in [3.05, 3.63) is 62.0 Å². The van der Waals surface area contributed by atoms with Crippen LogP contribution in [0.4, 0.5) is 0 Å². The normalized spacial score (nSPS) is 10.3. The molecule has 0 aliphatic carbocycles. The van der Waals surface area contributed by atoms with E-state index in [1.807, 2.05) is 37.3 Å². The van der Waals surface area contributed by atoms with Crippen LogP contribution in [0.2, 0.25) is 0 Å². The van der Waals surface area contributed by atoms with Gasteiger partial charge in [-0.15, -0.1) is 0 Å². The Morgan fingerprint density at radius 2 is 1.84 bits per heavy atom. The molecule has 19 heavy (non-hydrogen) atoms. The smallest absolute Gasteiger partial charge is 0.153 e. The number of hydrogen-bond donors (Lipinski definition) is 0. The van der Waals surface area contributed by atoms with E-state index in [2.05, 4.69) is 31.9 Å². The van der Waals surface area contributed by atoms with Gasteiger partial charge in [0.2, 0.25) is 0 Å². The van der Waals surface area contributed by atoms with Crippen LogP contribution in [0.1, 0.15) is 21.5 Å². The Balaban J connectivity index is 2.19. The minimum atomic E-state index is 0.432. The molecule has 0 radical (unpaired) electrons. The molecular formula is C15H12Br2O2. The Labute approximate surface area is 129 Å². The summed E-state index contributed by atoms with van der Waals surface area (Å²) >= 11 is 6.76. The van der Waals surface area contributed by atoms with Crippen molar-refractivity contribution in [2.24, 2.45) is 0 Å². The van der Waals surface area contributed by atoms with E-state index in [0.29, 0.717) is 17.9 Å². The van der Waals surface area contributed by atoms with Crippen molar-refractivity contribution in [1.29, 1.82) is 0 Å². The Bertz CT molecular complexity index is 592. The van der Waals surface area contributed by atoms with Gasteiger partial charge in [0.1, 0.15) is 12.4 Å². The minimum Gasteiger partial charge on any atom is -0.487 e. The molecule has 0 fully saturated rings. The molecular weight excluding hydrogens is 372 g/mol. The fourth-order valence-electron chi connectivity index (χ4n) is 1.66. The molecule has 0 aliphatic heterocycles. The molecule has 2 nitrogen and oxygen atoms in total. The van der Waals surface area contributed by atoms with E-state index >= 15 is 0 Å². The Hall–Kier alpha value is -1.13. The van der Waals surface area contributed by atoms with Crippen LogP contribution in [0, 0.1) is 6.92 Å². The molecule has 2 aromatic carbocycles. The Morgan fingerprint density at radius 3 is 2.47 bits per heavy atom. The Kier molecular flexibility index (Phi) is 4.77. The van der Waals surface area contributed by atoms with Crippen LogP contribution in [-0.4, -0.2) is 6.29 Å². The first kappa shape index (κ1) is 14.3. The molecule has 0 unspecified atom stereocenters. The maximum Gasteiger partial charge on any atom is 0.153 e. The van der Waals surface area contributed by atoms with Crippen LogP contribution in [0.5, 0.6) is 5.75 Å². The van der Waals surface area contributed by atoms with Gasteiger partial charge in [0, 0.05) is 4.47 Å². The van der Waals surface area contributed by atoms with Gasteiger partial charge in [-0.25, -0.2) is 0 Å². The zero-order chi connectivity index (χ0) is 13.8. The zero-order valence-corrected chi connectivity index (χ0v) is 13.5. The highest BCUT2D eigenvalue weighted by atomic mass is 79.9. The molecule has 0 bridgehead atoms. The summed E-state index contributed by atoms with van der Waals surface area (Å²) in [6, 6.07) is 11.7. The summed E-state index contributed by atoms with van der Waals surface area (Å²) in [4.78, 5) is 11.1. The monoisotopic (exact) mass is 382 g/mol. The number of benzene rings is 2. The molecule has 0 amide bonds. The molecule has 0 atom stereocenters. The molecule has 0 spiro atoms. The summed E-state index contributed by atoms with van der Waals surface area (Å²) in [7, 11) is 0. The van der Waals surface area contributed by atoms with Crippen LogP contribution < -0.4 is 4.74 Å². The third-order valence-electron chi connectivity index (χ3n) is 2.67. The molecule has 2 rings (SSSR count). The van der Waals surface area contributed by atoms with E-state index in [-0.39, 0.29) is 0 Å². The largest absolute Gasteiger partial charge is 0.487 e. The maximum absolute atomic E-state index is 11.1. The second kappa shape index (κ2) is 6.35. The number of rotatable bonds is 4. The fourth-order valence-corrected chi connectivity index (χ4v) is 3.03. The number of carbonyl (C=O) groups is 1. The van der Waals surface area contributed by atoms with E-state index in [1.54, 1.807) is 6.07 Å². The molecule has 0 saturated carbocycles. The predicted molar refractivity (Wildman–Crippen MR) is 82.7 cm³/mol. The number of aldehydes is 1. The molecule has 98 valence electrons. The van der Waals surface area contributed by atoms with Crippen molar-refractivity contribution >= 4 is 38.1 Å². The lowest BCUT2D eigenvalue weighted by atomic mass is 10.1. The Morgan fingerprint density at radius 1 is 1.16 bits per heavy atom. The molecule has 2 aromatic rings. The SMILES string of the molecule is Cc1ccc(COc2c(Br)cc(Br)cc2C=O)cc1. The summed E-state index contributed by atoms with van der Waals surface area (Å²) in [5.41, 5.74) is 2.80. The lowest BCUT2D eigenvalue weighted by Crippen LogP contribution is -1.99. The number of carbonyl (C=O) groups excluding carboxylic acids is 1. The highest BCUT2D eigenvalue weighted by molar-refractivity contribution is 9.11. The number of hydrogen-bond acceptors (Lipinski definition) is 2. The third-order valence-corrected chi connectivity index (χ3v) is 3.71. The van der Waals surface area contributed by atoms with Gasteiger partial charge in [-0.2, -0.15) is 0 Å². The second-order valence-electron chi connectivity index (χ2n) is 4.20. The highest BCUT2D eigenvalue weighted by Gasteiger charge is 2.10. The highest BCUT2D eigenvalue weighted by Crippen LogP contribution is 2.32. The third kappa shape index (κ3) is 3.67. The molecule has 0 aliphatic rings. The van der Waals surface area contributed by atoms with Crippen molar-refractivity contribution in [3.8, 4) is 5.75 Å². The van der Waals surface area contributed by atoms with E-state index < -0.39 is 0 Å². The molecule has 0 aromatic heterocycles. The van der Waals surface area contributed by atoms with Crippen molar-refractivity contribution in [2.45, 2.75) is 13.5 Å². The van der Waals surface area contributed by atoms with Crippen LogP contribution >= 0.6 is 31.9 Å².